The zero-order valence-corrected chi connectivity index (χ0v) is 17.2. The quantitative estimate of drug-likeness (QED) is 0.438. The number of rotatable bonds is 6. The summed E-state index contributed by atoms with van der Waals surface area (Å²) < 4.78 is 38.7. The molecule has 0 spiro atoms. The molecule has 0 N–H and O–H groups in total. The number of benzene rings is 3. The third-order valence-corrected chi connectivity index (χ3v) is 6.57. The van der Waals surface area contributed by atoms with Gasteiger partial charge in [0.25, 0.3) is 10.0 Å². The van der Waals surface area contributed by atoms with E-state index in [4.69, 9.17) is 9.47 Å². The largest absolute Gasteiger partial charge is 0.497 e. The smallest absolute Gasteiger partial charge is 0.268 e. The number of fused-ring (bicyclic) bond motifs is 1. The molecule has 0 fully saturated rings. The SMILES string of the molecule is COc1ccc(OC)c(C(=O)c2cc3ccccc3n2S(=O)(=O)c2ccccc2)c1. The Bertz CT molecular complexity index is 1340. The Balaban J connectivity index is 2.00. The van der Waals surface area contributed by atoms with Gasteiger partial charge in [-0.15, -0.1) is 0 Å². The number of carbonyl (C=O) groups is 1. The van der Waals surface area contributed by atoms with Gasteiger partial charge in [0.05, 0.1) is 30.2 Å². The third kappa shape index (κ3) is 3.23. The minimum absolute atomic E-state index is 0.0200. The lowest BCUT2D eigenvalue weighted by Gasteiger charge is -2.13. The molecule has 4 aromatic rings. The lowest BCUT2D eigenvalue weighted by molar-refractivity contribution is 0.103. The Hall–Kier alpha value is -3.58. The first kappa shape index (κ1) is 19.7. The second-order valence-corrected chi connectivity index (χ2v) is 8.35. The highest BCUT2D eigenvalue weighted by atomic mass is 32.2. The van der Waals surface area contributed by atoms with Gasteiger partial charge in [0.2, 0.25) is 5.78 Å². The number of aromatic nitrogens is 1. The number of ether oxygens (including phenoxy) is 2. The number of methoxy groups -OCH3 is 2. The molecular formula is C23H19NO5S. The third-order valence-electron chi connectivity index (χ3n) is 4.83. The van der Waals surface area contributed by atoms with E-state index in [1.165, 1.54) is 32.4 Å². The van der Waals surface area contributed by atoms with Crippen molar-refractivity contribution >= 4 is 26.7 Å². The standard InChI is InChI=1S/C23H19NO5S/c1-28-17-12-13-22(29-2)19(15-17)23(25)21-14-16-8-6-7-11-20(16)24(21)30(26,27)18-9-4-3-5-10-18/h3-15H,1-2H3. The van der Waals surface area contributed by atoms with Crippen molar-refractivity contribution in [1.29, 1.82) is 0 Å². The van der Waals surface area contributed by atoms with E-state index in [-0.39, 0.29) is 16.2 Å². The van der Waals surface area contributed by atoms with Crippen molar-refractivity contribution < 1.29 is 22.7 Å². The predicted molar refractivity (Wildman–Crippen MR) is 114 cm³/mol. The average molecular weight is 421 g/mol. The molecule has 7 heteroatoms. The molecule has 6 nitrogen and oxygen atoms in total. The van der Waals surface area contributed by atoms with Crippen molar-refractivity contribution in [1.82, 2.24) is 3.97 Å². The van der Waals surface area contributed by atoms with Crippen molar-refractivity contribution in [3.63, 3.8) is 0 Å². The van der Waals surface area contributed by atoms with Crippen molar-refractivity contribution in [2.75, 3.05) is 14.2 Å². The number of nitrogens with zero attached hydrogens (tertiary/aromatic N) is 1. The van der Waals surface area contributed by atoms with Gasteiger partial charge in [-0.2, -0.15) is 0 Å². The van der Waals surface area contributed by atoms with Crippen LogP contribution in [0.15, 0.2) is 83.8 Å². The molecular weight excluding hydrogens is 402 g/mol. The Morgan fingerprint density at radius 2 is 1.53 bits per heavy atom. The maximum Gasteiger partial charge on any atom is 0.268 e. The molecule has 0 saturated carbocycles. The van der Waals surface area contributed by atoms with Gasteiger partial charge in [0.15, 0.2) is 0 Å². The normalized spacial score (nSPS) is 11.4. The van der Waals surface area contributed by atoms with Crippen molar-refractivity contribution in [3.05, 3.63) is 90.1 Å². The monoisotopic (exact) mass is 421 g/mol. The highest BCUT2D eigenvalue weighted by molar-refractivity contribution is 7.90. The molecule has 0 aliphatic rings. The Morgan fingerprint density at radius 3 is 2.23 bits per heavy atom. The van der Waals surface area contributed by atoms with Crippen LogP contribution in [0.25, 0.3) is 10.9 Å². The molecule has 0 amide bonds. The van der Waals surface area contributed by atoms with Crippen LogP contribution in [0.5, 0.6) is 11.5 Å². The minimum atomic E-state index is -4.02. The second-order valence-electron chi connectivity index (χ2n) is 6.57. The van der Waals surface area contributed by atoms with E-state index in [2.05, 4.69) is 0 Å². The van der Waals surface area contributed by atoms with Crippen molar-refractivity contribution in [2.24, 2.45) is 0 Å². The Morgan fingerprint density at radius 1 is 0.833 bits per heavy atom. The summed E-state index contributed by atoms with van der Waals surface area (Å²) in [5.41, 5.74) is 0.655. The number of hydrogen-bond acceptors (Lipinski definition) is 5. The highest BCUT2D eigenvalue weighted by Crippen LogP contribution is 2.31. The summed E-state index contributed by atoms with van der Waals surface area (Å²) in [7, 11) is -1.07. The predicted octanol–water partition coefficient (Wildman–Crippen LogP) is 4.13. The summed E-state index contributed by atoms with van der Waals surface area (Å²) in [5.74, 6) is 0.309. The Labute approximate surface area is 174 Å². The zero-order chi connectivity index (χ0) is 21.3. The highest BCUT2D eigenvalue weighted by Gasteiger charge is 2.28. The number of ketones is 1. The molecule has 0 unspecified atom stereocenters. The average Bonchev–Trinajstić information content (AvgIpc) is 3.19. The lowest BCUT2D eigenvalue weighted by atomic mass is 10.1. The van der Waals surface area contributed by atoms with E-state index in [0.29, 0.717) is 22.4 Å². The van der Waals surface area contributed by atoms with Crippen LogP contribution < -0.4 is 9.47 Å². The van der Waals surface area contributed by atoms with Gasteiger partial charge in [-0.25, -0.2) is 12.4 Å². The van der Waals surface area contributed by atoms with E-state index in [1.807, 2.05) is 0 Å². The summed E-state index contributed by atoms with van der Waals surface area (Å²) in [6, 6.07) is 21.4. The molecule has 1 aromatic heterocycles. The molecule has 152 valence electrons. The maximum atomic E-state index is 13.5. The van der Waals surface area contributed by atoms with Crippen LogP contribution in [0.1, 0.15) is 16.1 Å². The molecule has 0 radical (unpaired) electrons. The second kappa shape index (κ2) is 7.68. The molecule has 0 bridgehead atoms. The van der Waals surface area contributed by atoms with Gasteiger partial charge in [0, 0.05) is 5.39 Å². The number of hydrogen-bond donors (Lipinski definition) is 0. The van der Waals surface area contributed by atoms with Gasteiger partial charge in [-0.3, -0.25) is 4.79 Å². The van der Waals surface area contributed by atoms with E-state index in [9.17, 15) is 13.2 Å². The zero-order valence-electron chi connectivity index (χ0n) is 16.4. The van der Waals surface area contributed by atoms with Crippen LogP contribution in [0.4, 0.5) is 0 Å². The van der Waals surface area contributed by atoms with Crippen molar-refractivity contribution in [2.45, 2.75) is 4.90 Å². The summed E-state index contributed by atoms with van der Waals surface area (Å²) >= 11 is 0. The molecule has 30 heavy (non-hydrogen) atoms. The fourth-order valence-electron chi connectivity index (χ4n) is 3.37. The Kier molecular flexibility index (Phi) is 5.05. The van der Waals surface area contributed by atoms with E-state index in [0.717, 1.165) is 3.97 Å². The van der Waals surface area contributed by atoms with E-state index >= 15 is 0 Å². The molecule has 0 aliphatic heterocycles. The number of para-hydroxylation sites is 1. The van der Waals surface area contributed by atoms with Gasteiger partial charge in [-0.05, 0) is 42.5 Å². The van der Waals surface area contributed by atoms with Gasteiger partial charge in [-0.1, -0.05) is 36.4 Å². The topological polar surface area (TPSA) is 74.6 Å². The molecule has 0 aliphatic carbocycles. The summed E-state index contributed by atoms with van der Waals surface area (Å²) in [6.45, 7) is 0. The molecule has 1 heterocycles. The molecule has 0 atom stereocenters. The lowest BCUT2D eigenvalue weighted by Crippen LogP contribution is -2.19. The van der Waals surface area contributed by atoms with Crippen LogP contribution >= 0.6 is 0 Å². The maximum absolute atomic E-state index is 13.5. The molecule has 3 aromatic carbocycles. The fourth-order valence-corrected chi connectivity index (χ4v) is 4.91. The fraction of sp³-hybridized carbons (Fsp3) is 0.0870. The number of carbonyl (C=O) groups excluding carboxylic acids is 1. The minimum Gasteiger partial charge on any atom is -0.497 e. The first-order chi connectivity index (χ1) is 14.5. The first-order valence-corrected chi connectivity index (χ1v) is 10.6. The first-order valence-electron chi connectivity index (χ1n) is 9.15. The van der Waals surface area contributed by atoms with Gasteiger partial charge in [0.1, 0.15) is 17.2 Å². The van der Waals surface area contributed by atoms with E-state index < -0.39 is 15.8 Å². The van der Waals surface area contributed by atoms with Crippen molar-refractivity contribution in [3.8, 4) is 11.5 Å². The van der Waals surface area contributed by atoms with Crippen LogP contribution in [-0.4, -0.2) is 32.4 Å². The van der Waals surface area contributed by atoms with Crippen LogP contribution in [0.2, 0.25) is 0 Å². The van der Waals surface area contributed by atoms with Crippen LogP contribution in [0.3, 0.4) is 0 Å². The van der Waals surface area contributed by atoms with Crippen LogP contribution in [0, 0.1) is 0 Å². The molecule has 4 rings (SSSR count). The van der Waals surface area contributed by atoms with E-state index in [1.54, 1.807) is 60.7 Å². The summed E-state index contributed by atoms with van der Waals surface area (Å²) in [6.07, 6.45) is 0. The van der Waals surface area contributed by atoms with Gasteiger partial charge >= 0.3 is 0 Å². The van der Waals surface area contributed by atoms with Gasteiger partial charge < -0.3 is 9.47 Å². The summed E-state index contributed by atoms with van der Waals surface area (Å²) in [5, 5.41) is 0.641. The molecule has 0 saturated heterocycles. The summed E-state index contributed by atoms with van der Waals surface area (Å²) in [4.78, 5) is 13.6. The van der Waals surface area contributed by atoms with Crippen LogP contribution in [-0.2, 0) is 10.0 Å².